The quantitative estimate of drug-likeness (QED) is 0.428. The molecule has 0 fully saturated rings. The van der Waals surface area contributed by atoms with Crippen LogP contribution in [0.5, 0.6) is 11.5 Å². The molecule has 0 aliphatic heterocycles. The molecule has 2 aromatic carbocycles. The summed E-state index contributed by atoms with van der Waals surface area (Å²) in [5, 5.41) is 17.3. The highest BCUT2D eigenvalue weighted by atomic mass is 79.9. The molecule has 8 N–H and O–H groups in total. The molecule has 0 spiro atoms. The van der Waals surface area contributed by atoms with Crippen LogP contribution in [0.4, 0.5) is 0 Å². The van der Waals surface area contributed by atoms with Crippen molar-refractivity contribution < 1.29 is 26.6 Å². The first-order valence-electron chi connectivity index (χ1n) is 4.27. The monoisotopic (exact) mass is 722 g/mol. The maximum absolute atomic E-state index is 8.63. The minimum absolute atomic E-state index is 0. The minimum Gasteiger partial charge on any atom is -0.508 e. The van der Waals surface area contributed by atoms with E-state index in [9.17, 15) is 0 Å². The molecule has 0 atom stereocenters. The Kier molecular flexibility index (Phi) is 94.3. The van der Waals surface area contributed by atoms with E-state index in [2.05, 4.69) is 0 Å². The van der Waals surface area contributed by atoms with Crippen LogP contribution in [0, 0.1) is 0 Å². The van der Waals surface area contributed by atoms with Crippen molar-refractivity contribution >= 4 is 102 Å². The van der Waals surface area contributed by atoms with E-state index < -0.39 is 0 Å². The third-order valence-electron chi connectivity index (χ3n) is 1.51. The molecule has 0 unspecified atom stereocenters. The number of phenolic OH excluding ortho intramolecular Hbond substituents is 2. The number of aromatic hydroxyl groups is 2. The highest BCUT2D eigenvalue weighted by Gasteiger charge is 1.75. The van der Waals surface area contributed by atoms with Crippen molar-refractivity contribution in [1.82, 2.24) is 0 Å². The normalized spacial score (nSPS) is 5.22. The SMILES string of the molecule is Br.Br.Br.Br.Br.Br.O.O.O.Oc1ccccc1.Oc1ccccc1. The maximum atomic E-state index is 8.63. The van der Waals surface area contributed by atoms with Gasteiger partial charge in [-0.3, -0.25) is 0 Å². The van der Waals surface area contributed by atoms with Crippen LogP contribution in [0.2, 0.25) is 0 Å². The van der Waals surface area contributed by atoms with Crippen LogP contribution in [0.15, 0.2) is 60.7 Å². The molecular weight excluding hydrogens is 704 g/mol. The van der Waals surface area contributed by atoms with Crippen LogP contribution in [-0.2, 0) is 0 Å². The number of halogens is 6. The van der Waals surface area contributed by atoms with Crippen LogP contribution in [0.1, 0.15) is 0 Å². The summed E-state index contributed by atoms with van der Waals surface area (Å²) in [5.74, 6) is 0.644. The minimum atomic E-state index is 0. The second-order valence-electron chi connectivity index (χ2n) is 2.67. The lowest BCUT2D eigenvalue weighted by Gasteiger charge is -1.82. The van der Waals surface area contributed by atoms with Gasteiger partial charge in [-0.15, -0.1) is 102 Å². The van der Waals surface area contributed by atoms with Gasteiger partial charge in [0.25, 0.3) is 0 Å². The molecule has 5 nitrogen and oxygen atoms in total. The number of benzene rings is 2. The summed E-state index contributed by atoms with van der Waals surface area (Å²) in [6.07, 6.45) is 0. The fraction of sp³-hybridized carbons (Fsp3) is 0. The van der Waals surface area contributed by atoms with Crippen molar-refractivity contribution in [2.75, 3.05) is 0 Å². The first-order valence-corrected chi connectivity index (χ1v) is 4.27. The average Bonchev–Trinajstić information content (AvgIpc) is 2.21. The Morgan fingerprint density at radius 3 is 0.652 bits per heavy atom. The van der Waals surface area contributed by atoms with Gasteiger partial charge in [0.2, 0.25) is 0 Å². The first-order chi connectivity index (χ1) is 6.79. The van der Waals surface area contributed by atoms with Gasteiger partial charge in [-0.05, 0) is 24.3 Å². The lowest BCUT2D eigenvalue weighted by Crippen LogP contribution is -1.56. The zero-order valence-corrected chi connectivity index (χ0v) is 21.9. The van der Waals surface area contributed by atoms with Crippen molar-refractivity contribution in [3.63, 3.8) is 0 Å². The van der Waals surface area contributed by atoms with Gasteiger partial charge in [0.15, 0.2) is 0 Å². The van der Waals surface area contributed by atoms with Crippen LogP contribution in [0.3, 0.4) is 0 Å². The molecule has 2 rings (SSSR count). The Balaban J connectivity index is -0.0000000175. The van der Waals surface area contributed by atoms with Crippen molar-refractivity contribution in [2.24, 2.45) is 0 Å². The standard InChI is InChI=1S/2C6H6O.6BrH.3H2O/c2*7-6-4-2-1-3-5-6;;;;;;;;;/h2*1-5,7H;6*1H;3*1H2. The number of rotatable bonds is 0. The van der Waals surface area contributed by atoms with E-state index in [1.54, 1.807) is 48.5 Å². The lowest BCUT2D eigenvalue weighted by atomic mass is 10.3. The Bertz CT molecular complexity index is 331. The molecule has 0 bridgehead atoms. The van der Waals surface area contributed by atoms with E-state index in [4.69, 9.17) is 10.2 Å². The smallest absolute Gasteiger partial charge is 0.115 e. The fourth-order valence-corrected chi connectivity index (χ4v) is 0.856. The summed E-state index contributed by atoms with van der Waals surface area (Å²) in [4.78, 5) is 0. The highest BCUT2D eigenvalue weighted by molar-refractivity contribution is 8.93. The van der Waals surface area contributed by atoms with E-state index in [1.165, 1.54) is 0 Å². The molecule has 0 saturated heterocycles. The highest BCUT2D eigenvalue weighted by Crippen LogP contribution is 2.03. The van der Waals surface area contributed by atoms with Crippen molar-refractivity contribution in [1.29, 1.82) is 0 Å². The molecular formula is C12H24Br6O5. The van der Waals surface area contributed by atoms with Gasteiger partial charge in [0, 0.05) is 0 Å². The van der Waals surface area contributed by atoms with Crippen LogP contribution < -0.4 is 0 Å². The third kappa shape index (κ3) is 34.9. The van der Waals surface area contributed by atoms with Gasteiger partial charge in [0.1, 0.15) is 11.5 Å². The van der Waals surface area contributed by atoms with Gasteiger partial charge in [-0.2, -0.15) is 0 Å². The van der Waals surface area contributed by atoms with E-state index in [0.717, 1.165) is 0 Å². The van der Waals surface area contributed by atoms with Gasteiger partial charge in [-0.1, -0.05) is 36.4 Å². The van der Waals surface area contributed by atoms with Gasteiger partial charge in [0.05, 0.1) is 0 Å². The Labute approximate surface area is 199 Å². The van der Waals surface area contributed by atoms with Crippen LogP contribution >= 0.6 is 102 Å². The lowest BCUT2D eigenvalue weighted by molar-refractivity contribution is 0.475. The Morgan fingerprint density at radius 2 is 0.565 bits per heavy atom. The zero-order valence-electron chi connectivity index (χ0n) is 11.6. The first kappa shape index (κ1) is 56.5. The van der Waals surface area contributed by atoms with E-state index in [0.29, 0.717) is 11.5 Å². The van der Waals surface area contributed by atoms with Gasteiger partial charge >= 0.3 is 0 Å². The molecule has 0 radical (unpaired) electrons. The van der Waals surface area contributed by atoms with Gasteiger partial charge < -0.3 is 26.6 Å². The molecule has 0 heterocycles. The molecule has 0 aliphatic rings. The summed E-state index contributed by atoms with van der Waals surface area (Å²) in [7, 11) is 0. The fourth-order valence-electron chi connectivity index (χ4n) is 0.856. The molecule has 0 aliphatic carbocycles. The largest absolute Gasteiger partial charge is 0.508 e. The second-order valence-corrected chi connectivity index (χ2v) is 2.67. The predicted octanol–water partition coefficient (Wildman–Crippen LogP) is 3.78. The summed E-state index contributed by atoms with van der Waals surface area (Å²) in [6.45, 7) is 0. The number of para-hydroxylation sites is 2. The predicted molar refractivity (Wildman–Crippen MR) is 129 cm³/mol. The van der Waals surface area contributed by atoms with Crippen molar-refractivity contribution in [2.45, 2.75) is 0 Å². The summed E-state index contributed by atoms with van der Waals surface area (Å²) in [6, 6.07) is 17.4. The van der Waals surface area contributed by atoms with E-state index >= 15 is 0 Å². The Hall–Kier alpha value is 0.800. The third-order valence-corrected chi connectivity index (χ3v) is 1.51. The van der Waals surface area contributed by atoms with Gasteiger partial charge in [-0.25, -0.2) is 0 Å². The summed E-state index contributed by atoms with van der Waals surface area (Å²) in [5.41, 5.74) is 0. The molecule has 11 heteroatoms. The Morgan fingerprint density at radius 1 is 0.391 bits per heavy atom. The second kappa shape index (κ2) is 38.4. The van der Waals surface area contributed by atoms with E-state index in [1.807, 2.05) is 12.1 Å². The molecule has 0 saturated carbocycles. The number of hydrogen-bond donors (Lipinski definition) is 2. The van der Waals surface area contributed by atoms with Crippen molar-refractivity contribution in [3.05, 3.63) is 60.7 Å². The maximum Gasteiger partial charge on any atom is 0.115 e. The van der Waals surface area contributed by atoms with E-state index in [-0.39, 0.29) is 118 Å². The van der Waals surface area contributed by atoms with Crippen LogP contribution in [-0.4, -0.2) is 26.6 Å². The molecule has 2 aromatic rings. The molecule has 0 aromatic heterocycles. The topological polar surface area (TPSA) is 135 Å². The summed E-state index contributed by atoms with van der Waals surface area (Å²) < 4.78 is 0. The van der Waals surface area contributed by atoms with Crippen LogP contribution in [0.25, 0.3) is 0 Å². The summed E-state index contributed by atoms with van der Waals surface area (Å²) >= 11 is 0. The number of phenols is 2. The molecule has 0 amide bonds. The van der Waals surface area contributed by atoms with Crippen molar-refractivity contribution in [3.8, 4) is 11.5 Å². The zero-order chi connectivity index (χ0) is 10.2. The average molecular weight is 728 g/mol. The molecule has 144 valence electrons. The number of hydrogen-bond acceptors (Lipinski definition) is 2. The molecule has 23 heavy (non-hydrogen) atoms.